The van der Waals surface area contributed by atoms with Gasteiger partial charge in [-0.1, -0.05) is 36.3 Å². The van der Waals surface area contributed by atoms with Crippen LogP contribution in [0.15, 0.2) is 54.6 Å². The normalized spacial score (nSPS) is 16.3. The molecule has 0 N–H and O–H groups in total. The second-order valence-electron chi connectivity index (χ2n) is 8.26. The van der Waals surface area contributed by atoms with E-state index in [0.717, 1.165) is 28.0 Å². The Hall–Kier alpha value is -4.31. The molecule has 1 aliphatic carbocycles. The molecule has 2 aliphatic heterocycles. The highest BCUT2D eigenvalue weighted by atomic mass is 16.7. The van der Waals surface area contributed by atoms with Crippen LogP contribution in [0.5, 0.6) is 23.0 Å². The number of carbonyl (C=O) groups excluding carboxylic acids is 1. The van der Waals surface area contributed by atoms with Crippen molar-refractivity contribution in [1.29, 1.82) is 0 Å². The van der Waals surface area contributed by atoms with Gasteiger partial charge >= 0.3 is 6.09 Å². The van der Waals surface area contributed by atoms with Crippen molar-refractivity contribution in [2.24, 2.45) is 0 Å². The molecule has 3 aromatic rings. The second kappa shape index (κ2) is 8.23. The largest absolute Gasteiger partial charge is 0.454 e. The highest BCUT2D eigenvalue weighted by Gasteiger charge is 2.38. The fraction of sp³-hybridized carbons (Fsp3) is 0.222. The standard InChI is InChI=1S/C27H21NO6/c1-2-18-8-9-23-26(34-16-31-23)21(18)13-28(27(29)30-14-17-6-4-3-5-7-17)22-10-19-11-24-25(12-20(19)22)33-15-32-24/h1,3-9,11-12,22H,10,13-16H2. The second-order valence-corrected chi connectivity index (χ2v) is 8.26. The molecule has 7 nitrogen and oxygen atoms in total. The Bertz CT molecular complexity index is 1310. The van der Waals surface area contributed by atoms with Crippen LogP contribution in [0, 0.1) is 12.3 Å². The summed E-state index contributed by atoms with van der Waals surface area (Å²) in [5.41, 5.74) is 4.41. The van der Waals surface area contributed by atoms with Crippen LogP contribution >= 0.6 is 0 Å². The van der Waals surface area contributed by atoms with E-state index in [1.165, 1.54) is 0 Å². The number of hydrogen-bond acceptors (Lipinski definition) is 6. The Morgan fingerprint density at radius 3 is 2.59 bits per heavy atom. The van der Waals surface area contributed by atoms with E-state index in [4.69, 9.17) is 30.1 Å². The third kappa shape index (κ3) is 3.44. The van der Waals surface area contributed by atoms with Crippen LogP contribution in [0.4, 0.5) is 4.79 Å². The zero-order valence-corrected chi connectivity index (χ0v) is 18.3. The number of rotatable bonds is 5. The quantitative estimate of drug-likeness (QED) is 0.526. The summed E-state index contributed by atoms with van der Waals surface area (Å²) in [6.07, 6.45) is 6.02. The van der Waals surface area contributed by atoms with Crippen LogP contribution in [0.25, 0.3) is 0 Å². The molecule has 0 fully saturated rings. The van der Waals surface area contributed by atoms with E-state index in [1.807, 2.05) is 48.5 Å². The molecule has 1 unspecified atom stereocenters. The molecule has 34 heavy (non-hydrogen) atoms. The fourth-order valence-electron chi connectivity index (χ4n) is 4.55. The van der Waals surface area contributed by atoms with Crippen LogP contribution in [0.2, 0.25) is 0 Å². The maximum atomic E-state index is 13.4. The van der Waals surface area contributed by atoms with Crippen LogP contribution in [-0.2, 0) is 24.3 Å². The topological polar surface area (TPSA) is 66.5 Å². The maximum Gasteiger partial charge on any atom is 0.410 e. The molecule has 3 aliphatic rings. The molecule has 1 amide bonds. The number of amides is 1. The Morgan fingerprint density at radius 2 is 1.76 bits per heavy atom. The number of benzene rings is 3. The number of ether oxygens (including phenoxy) is 5. The first kappa shape index (κ1) is 20.3. The lowest BCUT2D eigenvalue weighted by atomic mass is 9.81. The minimum absolute atomic E-state index is 0.116. The molecule has 0 bridgehead atoms. The summed E-state index contributed by atoms with van der Waals surface area (Å²) in [6.45, 7) is 0.707. The summed E-state index contributed by atoms with van der Waals surface area (Å²) in [5, 5.41) is 0. The van der Waals surface area contributed by atoms with Gasteiger partial charge in [-0.05, 0) is 47.4 Å². The SMILES string of the molecule is C#Cc1ccc2c(c1CN(C(=O)OCc1ccccc1)C1Cc3cc4c(cc31)OCO4)OCO2. The predicted molar refractivity (Wildman–Crippen MR) is 122 cm³/mol. The molecule has 0 spiro atoms. The van der Waals surface area contributed by atoms with Gasteiger partial charge in [0.15, 0.2) is 23.0 Å². The maximum absolute atomic E-state index is 13.4. The molecule has 0 aromatic heterocycles. The molecule has 1 atom stereocenters. The summed E-state index contributed by atoms with van der Waals surface area (Å²) in [6, 6.07) is 16.9. The van der Waals surface area contributed by atoms with Crippen molar-refractivity contribution in [3.8, 4) is 35.3 Å². The van der Waals surface area contributed by atoms with Gasteiger partial charge in [0.05, 0.1) is 12.6 Å². The highest BCUT2D eigenvalue weighted by molar-refractivity contribution is 5.71. The smallest absolute Gasteiger partial charge is 0.410 e. The third-order valence-electron chi connectivity index (χ3n) is 6.35. The van der Waals surface area contributed by atoms with Crippen molar-refractivity contribution in [3.63, 3.8) is 0 Å². The van der Waals surface area contributed by atoms with Gasteiger partial charge in [-0.3, -0.25) is 4.90 Å². The number of carbonyl (C=O) groups is 1. The number of nitrogens with zero attached hydrogens (tertiary/aromatic N) is 1. The van der Waals surface area contributed by atoms with Crippen LogP contribution in [0.3, 0.4) is 0 Å². The van der Waals surface area contributed by atoms with Crippen molar-refractivity contribution >= 4 is 6.09 Å². The zero-order chi connectivity index (χ0) is 23.1. The van der Waals surface area contributed by atoms with E-state index < -0.39 is 6.09 Å². The fourth-order valence-corrected chi connectivity index (χ4v) is 4.55. The molecule has 0 saturated heterocycles. The van der Waals surface area contributed by atoms with Gasteiger partial charge in [-0.25, -0.2) is 4.79 Å². The lowest BCUT2D eigenvalue weighted by Crippen LogP contribution is -2.40. The highest BCUT2D eigenvalue weighted by Crippen LogP contribution is 2.47. The molecule has 2 heterocycles. The predicted octanol–water partition coefficient (Wildman–Crippen LogP) is 4.56. The number of fused-ring (bicyclic) bond motifs is 3. The minimum Gasteiger partial charge on any atom is -0.454 e. The molecule has 0 radical (unpaired) electrons. The van der Waals surface area contributed by atoms with Crippen LogP contribution in [-0.4, -0.2) is 24.6 Å². The summed E-state index contributed by atoms with van der Waals surface area (Å²) in [5.74, 6) is 5.31. The van der Waals surface area contributed by atoms with E-state index >= 15 is 0 Å². The molecule has 170 valence electrons. The van der Waals surface area contributed by atoms with Gasteiger partial charge in [0.25, 0.3) is 0 Å². The Balaban J connectivity index is 1.33. The van der Waals surface area contributed by atoms with Crippen molar-refractivity contribution in [2.75, 3.05) is 13.6 Å². The van der Waals surface area contributed by atoms with E-state index in [2.05, 4.69) is 5.92 Å². The molecule has 6 rings (SSSR count). The summed E-state index contributed by atoms with van der Waals surface area (Å²) < 4.78 is 28.0. The van der Waals surface area contributed by atoms with Crippen molar-refractivity contribution in [3.05, 3.63) is 82.4 Å². The van der Waals surface area contributed by atoms with E-state index in [9.17, 15) is 4.79 Å². The van der Waals surface area contributed by atoms with Gasteiger partial charge in [0, 0.05) is 11.1 Å². The molecular formula is C27H21NO6. The lowest BCUT2D eigenvalue weighted by molar-refractivity contribution is 0.0713. The average molecular weight is 455 g/mol. The Kier molecular flexibility index (Phi) is 4.92. The van der Waals surface area contributed by atoms with Crippen LogP contribution in [0.1, 0.15) is 33.9 Å². The molecule has 0 saturated carbocycles. The number of hydrogen-bond donors (Lipinski definition) is 0. The van der Waals surface area contributed by atoms with Gasteiger partial charge < -0.3 is 23.7 Å². The van der Waals surface area contributed by atoms with E-state index in [0.29, 0.717) is 29.2 Å². The summed E-state index contributed by atoms with van der Waals surface area (Å²) in [7, 11) is 0. The first-order valence-electron chi connectivity index (χ1n) is 11.0. The average Bonchev–Trinajstić information content (AvgIpc) is 3.52. The zero-order valence-electron chi connectivity index (χ0n) is 18.3. The Labute approximate surface area is 196 Å². The van der Waals surface area contributed by atoms with Crippen molar-refractivity contribution < 1.29 is 28.5 Å². The monoisotopic (exact) mass is 455 g/mol. The molecular weight excluding hydrogens is 434 g/mol. The van der Waals surface area contributed by atoms with E-state index in [-0.39, 0.29) is 32.8 Å². The van der Waals surface area contributed by atoms with Crippen molar-refractivity contribution in [2.45, 2.75) is 25.6 Å². The lowest BCUT2D eigenvalue weighted by Gasteiger charge is -2.39. The van der Waals surface area contributed by atoms with Crippen molar-refractivity contribution in [1.82, 2.24) is 4.90 Å². The van der Waals surface area contributed by atoms with Gasteiger partial charge in [0.1, 0.15) is 6.61 Å². The van der Waals surface area contributed by atoms with E-state index in [1.54, 1.807) is 11.0 Å². The first-order chi connectivity index (χ1) is 16.7. The van der Waals surface area contributed by atoms with Gasteiger partial charge in [0.2, 0.25) is 13.6 Å². The summed E-state index contributed by atoms with van der Waals surface area (Å²) in [4.78, 5) is 15.1. The molecule has 7 heteroatoms. The molecule has 3 aromatic carbocycles. The summed E-state index contributed by atoms with van der Waals surface area (Å²) >= 11 is 0. The van der Waals surface area contributed by atoms with Crippen LogP contribution < -0.4 is 18.9 Å². The van der Waals surface area contributed by atoms with Gasteiger partial charge in [-0.15, -0.1) is 6.42 Å². The minimum atomic E-state index is -0.434. The number of terminal acetylenes is 1. The Morgan fingerprint density at radius 1 is 1.00 bits per heavy atom. The van der Waals surface area contributed by atoms with Gasteiger partial charge in [-0.2, -0.15) is 0 Å². The third-order valence-corrected chi connectivity index (χ3v) is 6.35. The first-order valence-corrected chi connectivity index (χ1v) is 11.0.